The van der Waals surface area contributed by atoms with Gasteiger partial charge < -0.3 is 10.4 Å². The fourth-order valence-corrected chi connectivity index (χ4v) is 2.05. The Morgan fingerprint density at radius 2 is 1.73 bits per heavy atom. The van der Waals surface area contributed by atoms with Crippen molar-refractivity contribution in [3.8, 4) is 0 Å². The molecule has 0 heterocycles. The van der Waals surface area contributed by atoms with Gasteiger partial charge in [-0.1, -0.05) is 20.8 Å². The molecule has 0 aromatic heterocycles. The summed E-state index contributed by atoms with van der Waals surface area (Å²) < 4.78 is 0. The van der Waals surface area contributed by atoms with Gasteiger partial charge in [0.05, 0.1) is 0 Å². The normalized spacial score (nSPS) is 12.9. The molecule has 3 nitrogen and oxygen atoms in total. The van der Waals surface area contributed by atoms with Gasteiger partial charge in [0, 0.05) is 12.0 Å². The van der Waals surface area contributed by atoms with Crippen LogP contribution < -0.4 is 5.32 Å². The number of nitrogens with one attached hydrogen (secondary N) is 1. The van der Waals surface area contributed by atoms with E-state index in [4.69, 9.17) is 5.11 Å². The van der Waals surface area contributed by atoms with Crippen molar-refractivity contribution in [3.63, 3.8) is 0 Å². The van der Waals surface area contributed by atoms with Crippen LogP contribution in [0.25, 0.3) is 0 Å². The van der Waals surface area contributed by atoms with Crippen molar-refractivity contribution in [1.82, 2.24) is 5.32 Å². The van der Waals surface area contributed by atoms with E-state index in [1.807, 2.05) is 0 Å². The molecular weight excluding hydrogens is 190 g/mol. The fraction of sp³-hybridized carbons (Fsp3) is 0.917. The molecule has 0 aliphatic rings. The summed E-state index contributed by atoms with van der Waals surface area (Å²) in [6.45, 7) is 11.8. The van der Waals surface area contributed by atoms with Crippen LogP contribution in [0, 0.1) is 5.41 Å². The average molecular weight is 215 g/mol. The quantitative estimate of drug-likeness (QED) is 0.670. The number of carboxylic acids is 1. The predicted octanol–water partition coefficient (Wildman–Crippen LogP) is 2.66. The summed E-state index contributed by atoms with van der Waals surface area (Å²) in [5, 5.41) is 11.9. The van der Waals surface area contributed by atoms with Gasteiger partial charge in [0.25, 0.3) is 0 Å². The zero-order chi connectivity index (χ0) is 12.1. The number of hydrogen-bond donors (Lipinski definition) is 2. The van der Waals surface area contributed by atoms with Gasteiger partial charge in [-0.05, 0) is 38.6 Å². The Morgan fingerprint density at radius 1 is 1.20 bits per heavy atom. The van der Waals surface area contributed by atoms with Crippen LogP contribution >= 0.6 is 0 Å². The van der Waals surface area contributed by atoms with Crippen LogP contribution in [0.1, 0.15) is 53.9 Å². The summed E-state index contributed by atoms with van der Waals surface area (Å²) in [6, 6.07) is 0. The van der Waals surface area contributed by atoms with Gasteiger partial charge in [-0.2, -0.15) is 0 Å². The maximum absolute atomic E-state index is 10.3. The molecule has 0 aliphatic carbocycles. The molecule has 3 heteroatoms. The van der Waals surface area contributed by atoms with Crippen LogP contribution in [0.3, 0.4) is 0 Å². The van der Waals surface area contributed by atoms with Gasteiger partial charge >= 0.3 is 5.97 Å². The first-order chi connectivity index (χ1) is 6.62. The SMILES string of the molecule is CC(C)(C)CC(C)(C)NCCCC(=O)O. The first kappa shape index (κ1) is 14.4. The molecule has 2 N–H and O–H groups in total. The van der Waals surface area contributed by atoms with Gasteiger partial charge in [-0.25, -0.2) is 0 Å². The third-order valence-electron chi connectivity index (χ3n) is 2.14. The van der Waals surface area contributed by atoms with Gasteiger partial charge in [0.15, 0.2) is 0 Å². The van der Waals surface area contributed by atoms with E-state index in [9.17, 15) is 4.79 Å². The minimum atomic E-state index is -0.717. The molecule has 90 valence electrons. The third kappa shape index (κ3) is 9.73. The lowest BCUT2D eigenvalue weighted by Crippen LogP contribution is -2.42. The Labute approximate surface area is 93.3 Å². The van der Waals surface area contributed by atoms with Gasteiger partial charge in [0.2, 0.25) is 0 Å². The van der Waals surface area contributed by atoms with Crippen molar-refractivity contribution in [1.29, 1.82) is 0 Å². The lowest BCUT2D eigenvalue weighted by Gasteiger charge is -2.33. The van der Waals surface area contributed by atoms with E-state index in [1.165, 1.54) is 0 Å². The zero-order valence-electron chi connectivity index (χ0n) is 10.7. The summed E-state index contributed by atoms with van der Waals surface area (Å²) in [7, 11) is 0. The first-order valence-electron chi connectivity index (χ1n) is 5.59. The maximum atomic E-state index is 10.3. The molecule has 0 saturated heterocycles. The number of carboxylic acid groups (broad SMARTS) is 1. The molecule has 0 radical (unpaired) electrons. The highest BCUT2D eigenvalue weighted by atomic mass is 16.4. The highest BCUT2D eigenvalue weighted by molar-refractivity contribution is 5.66. The highest BCUT2D eigenvalue weighted by Crippen LogP contribution is 2.26. The molecule has 0 aromatic carbocycles. The third-order valence-corrected chi connectivity index (χ3v) is 2.14. The molecule has 0 saturated carbocycles. The molecule has 0 bridgehead atoms. The van der Waals surface area contributed by atoms with Crippen LogP contribution in [0.2, 0.25) is 0 Å². The van der Waals surface area contributed by atoms with Gasteiger partial charge in [-0.15, -0.1) is 0 Å². The minimum Gasteiger partial charge on any atom is -0.481 e. The first-order valence-corrected chi connectivity index (χ1v) is 5.59. The van der Waals surface area contributed by atoms with Crippen LogP contribution in [0.15, 0.2) is 0 Å². The smallest absolute Gasteiger partial charge is 0.303 e. The van der Waals surface area contributed by atoms with Crippen LogP contribution in [-0.4, -0.2) is 23.2 Å². The average Bonchev–Trinajstić information content (AvgIpc) is 1.93. The Kier molecular flexibility index (Phi) is 5.29. The molecule has 0 aromatic rings. The Bertz CT molecular complexity index is 204. The summed E-state index contributed by atoms with van der Waals surface area (Å²) in [4.78, 5) is 10.3. The minimum absolute atomic E-state index is 0.0801. The van der Waals surface area contributed by atoms with Crippen molar-refractivity contribution in [2.75, 3.05) is 6.54 Å². The number of hydrogen-bond acceptors (Lipinski definition) is 2. The van der Waals surface area contributed by atoms with Crippen molar-refractivity contribution < 1.29 is 9.90 Å². The number of carbonyl (C=O) groups is 1. The van der Waals surface area contributed by atoms with Crippen molar-refractivity contribution in [2.24, 2.45) is 5.41 Å². The predicted molar refractivity (Wildman–Crippen MR) is 63.0 cm³/mol. The molecule has 0 unspecified atom stereocenters. The second kappa shape index (κ2) is 5.50. The van der Waals surface area contributed by atoms with Crippen molar-refractivity contribution >= 4 is 5.97 Å². The second-order valence-corrected chi connectivity index (χ2v) is 6.05. The van der Waals surface area contributed by atoms with E-state index in [2.05, 4.69) is 39.9 Å². The van der Waals surface area contributed by atoms with Crippen molar-refractivity contribution in [3.05, 3.63) is 0 Å². The molecular formula is C12H25NO2. The lowest BCUT2D eigenvalue weighted by atomic mass is 9.82. The van der Waals surface area contributed by atoms with Gasteiger partial charge in [-0.3, -0.25) is 4.79 Å². The fourth-order valence-electron chi connectivity index (χ4n) is 2.05. The summed E-state index contributed by atoms with van der Waals surface area (Å²) >= 11 is 0. The van der Waals surface area contributed by atoms with E-state index in [0.29, 0.717) is 11.8 Å². The van der Waals surface area contributed by atoms with E-state index in [0.717, 1.165) is 13.0 Å². The number of aliphatic carboxylic acids is 1. The Balaban J connectivity index is 3.79. The summed E-state index contributed by atoms with van der Waals surface area (Å²) in [5.74, 6) is -0.717. The molecule has 0 amide bonds. The topological polar surface area (TPSA) is 49.3 Å². The molecule has 0 fully saturated rings. The van der Waals surface area contributed by atoms with Crippen LogP contribution in [-0.2, 0) is 4.79 Å². The highest BCUT2D eigenvalue weighted by Gasteiger charge is 2.24. The largest absolute Gasteiger partial charge is 0.481 e. The maximum Gasteiger partial charge on any atom is 0.303 e. The molecule has 0 aliphatic heterocycles. The van der Waals surface area contributed by atoms with E-state index < -0.39 is 5.97 Å². The monoisotopic (exact) mass is 215 g/mol. The van der Waals surface area contributed by atoms with Gasteiger partial charge in [0.1, 0.15) is 0 Å². The lowest BCUT2D eigenvalue weighted by molar-refractivity contribution is -0.137. The number of rotatable bonds is 6. The summed E-state index contributed by atoms with van der Waals surface area (Å²) in [6.07, 6.45) is 2.02. The summed E-state index contributed by atoms with van der Waals surface area (Å²) in [5.41, 5.74) is 0.375. The Morgan fingerprint density at radius 3 is 2.13 bits per heavy atom. The van der Waals surface area contributed by atoms with Crippen LogP contribution in [0.5, 0.6) is 0 Å². The standard InChI is InChI=1S/C12H25NO2/c1-11(2,3)9-12(4,5)13-8-6-7-10(14)15/h13H,6-9H2,1-5H3,(H,14,15). The molecule has 0 spiro atoms. The zero-order valence-corrected chi connectivity index (χ0v) is 10.7. The van der Waals surface area contributed by atoms with Crippen LogP contribution in [0.4, 0.5) is 0 Å². The van der Waals surface area contributed by atoms with Crippen molar-refractivity contribution in [2.45, 2.75) is 59.4 Å². The molecule has 0 atom stereocenters. The Hall–Kier alpha value is -0.570. The van der Waals surface area contributed by atoms with E-state index >= 15 is 0 Å². The molecule has 0 rings (SSSR count). The van der Waals surface area contributed by atoms with E-state index in [1.54, 1.807) is 0 Å². The van der Waals surface area contributed by atoms with E-state index in [-0.39, 0.29) is 12.0 Å². The molecule has 15 heavy (non-hydrogen) atoms. The second-order valence-electron chi connectivity index (χ2n) is 6.05.